The number of nitrogens with one attached hydrogen (secondary N) is 1. The topological polar surface area (TPSA) is 38.0 Å². The van der Waals surface area contributed by atoms with Crippen LogP contribution in [0.1, 0.15) is 42.0 Å². The molecule has 0 spiro atoms. The maximum Gasteiger partial charge on any atom is 0.0491 e. The molecular formula is C15H22N2. The van der Waals surface area contributed by atoms with E-state index in [9.17, 15) is 0 Å². The van der Waals surface area contributed by atoms with Gasteiger partial charge in [0.25, 0.3) is 0 Å². The average molecular weight is 230 g/mol. The monoisotopic (exact) mass is 230 g/mol. The number of rotatable bonds is 3. The Balaban J connectivity index is 1.86. The van der Waals surface area contributed by atoms with Gasteiger partial charge in [0.2, 0.25) is 0 Å². The molecule has 1 aromatic carbocycles. The fourth-order valence-electron chi connectivity index (χ4n) is 3.61. The second kappa shape index (κ2) is 4.11. The lowest BCUT2D eigenvalue weighted by Crippen LogP contribution is -2.33. The van der Waals surface area contributed by atoms with E-state index in [4.69, 9.17) is 5.84 Å². The Morgan fingerprint density at radius 1 is 1.18 bits per heavy atom. The van der Waals surface area contributed by atoms with Crippen LogP contribution >= 0.6 is 0 Å². The first-order chi connectivity index (χ1) is 8.19. The highest BCUT2D eigenvalue weighted by Gasteiger charge is 2.48. The first kappa shape index (κ1) is 11.2. The first-order valence-electron chi connectivity index (χ1n) is 6.72. The normalized spacial score (nSPS) is 32.3. The summed E-state index contributed by atoms with van der Waals surface area (Å²) in [5, 5.41) is 0. The van der Waals surface area contributed by atoms with E-state index in [-0.39, 0.29) is 0 Å². The van der Waals surface area contributed by atoms with Crippen molar-refractivity contribution in [2.24, 2.45) is 23.6 Å². The minimum Gasteiger partial charge on any atom is -0.271 e. The van der Waals surface area contributed by atoms with Crippen LogP contribution in [0.2, 0.25) is 0 Å². The van der Waals surface area contributed by atoms with Crippen molar-refractivity contribution in [1.82, 2.24) is 5.43 Å². The second-order valence-electron chi connectivity index (χ2n) is 5.99. The molecular weight excluding hydrogens is 208 g/mol. The van der Waals surface area contributed by atoms with Gasteiger partial charge in [0.1, 0.15) is 0 Å². The second-order valence-corrected chi connectivity index (χ2v) is 5.99. The maximum absolute atomic E-state index is 5.81. The van der Waals surface area contributed by atoms with E-state index >= 15 is 0 Å². The van der Waals surface area contributed by atoms with E-state index in [0.29, 0.717) is 6.04 Å². The molecule has 92 valence electrons. The van der Waals surface area contributed by atoms with E-state index in [1.807, 2.05) is 0 Å². The van der Waals surface area contributed by atoms with Gasteiger partial charge in [-0.1, -0.05) is 23.8 Å². The SMILES string of the molecule is Cc1ccc(C)c(C(NN)C2CC3CC3C2)c1. The summed E-state index contributed by atoms with van der Waals surface area (Å²) < 4.78 is 0. The fourth-order valence-corrected chi connectivity index (χ4v) is 3.61. The maximum atomic E-state index is 5.81. The molecule has 2 aliphatic rings. The van der Waals surface area contributed by atoms with Gasteiger partial charge < -0.3 is 0 Å². The van der Waals surface area contributed by atoms with E-state index in [2.05, 4.69) is 37.5 Å². The molecule has 17 heavy (non-hydrogen) atoms. The van der Waals surface area contributed by atoms with Crippen molar-refractivity contribution in [1.29, 1.82) is 0 Å². The Kier molecular flexibility index (Phi) is 2.72. The van der Waals surface area contributed by atoms with Gasteiger partial charge in [-0.15, -0.1) is 0 Å². The minimum absolute atomic E-state index is 0.350. The first-order valence-corrected chi connectivity index (χ1v) is 6.72. The van der Waals surface area contributed by atoms with Gasteiger partial charge in [0.05, 0.1) is 0 Å². The molecule has 3 rings (SSSR count). The number of nitrogens with two attached hydrogens (primary N) is 1. The quantitative estimate of drug-likeness (QED) is 0.619. The van der Waals surface area contributed by atoms with E-state index in [1.54, 1.807) is 0 Å². The highest BCUT2D eigenvalue weighted by molar-refractivity contribution is 5.33. The molecule has 3 unspecified atom stereocenters. The average Bonchev–Trinajstić information content (AvgIpc) is 2.92. The molecule has 0 amide bonds. The number of aryl methyl sites for hydroxylation is 2. The molecule has 1 aromatic rings. The van der Waals surface area contributed by atoms with E-state index in [0.717, 1.165) is 17.8 Å². The summed E-state index contributed by atoms with van der Waals surface area (Å²) in [6.07, 6.45) is 4.21. The van der Waals surface area contributed by atoms with E-state index < -0.39 is 0 Å². The van der Waals surface area contributed by atoms with Crippen molar-refractivity contribution in [3.63, 3.8) is 0 Å². The molecule has 0 bridgehead atoms. The molecule has 2 aliphatic carbocycles. The molecule has 2 saturated carbocycles. The van der Waals surface area contributed by atoms with Gasteiger partial charge in [0, 0.05) is 6.04 Å². The lowest BCUT2D eigenvalue weighted by molar-refractivity contribution is 0.344. The standard InChI is InChI=1S/C15H22N2/c1-9-3-4-10(2)14(5-9)15(17-16)13-7-11-6-12(11)8-13/h3-5,11-13,15,17H,6-8,16H2,1-2H3. The zero-order chi connectivity index (χ0) is 12.0. The van der Waals surface area contributed by atoms with Crippen molar-refractivity contribution in [3.8, 4) is 0 Å². The fraction of sp³-hybridized carbons (Fsp3) is 0.600. The van der Waals surface area contributed by atoms with Gasteiger partial charge in [-0.3, -0.25) is 11.3 Å². The highest BCUT2D eigenvalue weighted by atomic mass is 15.2. The Morgan fingerprint density at radius 2 is 1.88 bits per heavy atom. The van der Waals surface area contributed by atoms with Crippen LogP contribution in [0.5, 0.6) is 0 Å². The Labute approximate surface area is 104 Å². The Hall–Kier alpha value is -0.860. The van der Waals surface area contributed by atoms with Gasteiger partial charge in [-0.2, -0.15) is 0 Å². The summed E-state index contributed by atoms with van der Waals surface area (Å²) in [7, 11) is 0. The summed E-state index contributed by atoms with van der Waals surface area (Å²) in [5.74, 6) is 8.58. The molecule has 0 saturated heterocycles. The molecule has 2 nitrogen and oxygen atoms in total. The Bertz CT molecular complexity index is 417. The minimum atomic E-state index is 0.350. The number of hydrazine groups is 1. The van der Waals surface area contributed by atoms with Crippen molar-refractivity contribution in [2.75, 3.05) is 0 Å². The molecule has 0 aromatic heterocycles. The number of hydrogen-bond acceptors (Lipinski definition) is 2. The summed E-state index contributed by atoms with van der Waals surface area (Å²) >= 11 is 0. The highest BCUT2D eigenvalue weighted by Crippen LogP contribution is 2.57. The third kappa shape index (κ3) is 2.00. The summed E-state index contributed by atoms with van der Waals surface area (Å²) in [6.45, 7) is 4.34. The molecule has 0 radical (unpaired) electrons. The smallest absolute Gasteiger partial charge is 0.0491 e. The molecule has 3 N–H and O–H groups in total. The number of fused-ring (bicyclic) bond motifs is 1. The molecule has 0 heterocycles. The van der Waals surface area contributed by atoms with Crippen LogP contribution in [-0.2, 0) is 0 Å². The van der Waals surface area contributed by atoms with Gasteiger partial charge in [-0.25, -0.2) is 0 Å². The predicted octanol–water partition coefficient (Wildman–Crippen LogP) is 2.85. The van der Waals surface area contributed by atoms with Crippen LogP contribution < -0.4 is 11.3 Å². The molecule has 0 aliphatic heterocycles. The summed E-state index contributed by atoms with van der Waals surface area (Å²) in [6, 6.07) is 7.04. The third-order valence-corrected chi connectivity index (χ3v) is 4.70. The van der Waals surface area contributed by atoms with Crippen LogP contribution in [0.25, 0.3) is 0 Å². The summed E-state index contributed by atoms with van der Waals surface area (Å²) in [5.41, 5.74) is 7.16. The Morgan fingerprint density at radius 3 is 2.53 bits per heavy atom. The van der Waals surface area contributed by atoms with Crippen LogP contribution in [0.15, 0.2) is 18.2 Å². The van der Waals surface area contributed by atoms with E-state index in [1.165, 1.54) is 36.0 Å². The zero-order valence-electron chi connectivity index (χ0n) is 10.7. The largest absolute Gasteiger partial charge is 0.271 e. The zero-order valence-corrected chi connectivity index (χ0v) is 10.7. The predicted molar refractivity (Wildman–Crippen MR) is 70.3 cm³/mol. The number of hydrogen-bond donors (Lipinski definition) is 2. The van der Waals surface area contributed by atoms with Gasteiger partial charge in [0.15, 0.2) is 0 Å². The van der Waals surface area contributed by atoms with Gasteiger partial charge >= 0.3 is 0 Å². The van der Waals surface area contributed by atoms with Crippen LogP contribution in [0, 0.1) is 31.6 Å². The lowest BCUT2D eigenvalue weighted by Gasteiger charge is -2.26. The van der Waals surface area contributed by atoms with Gasteiger partial charge in [-0.05, 0) is 62.0 Å². The third-order valence-electron chi connectivity index (χ3n) is 4.70. The molecule has 3 atom stereocenters. The van der Waals surface area contributed by atoms with Crippen molar-refractivity contribution < 1.29 is 0 Å². The molecule has 2 fully saturated rings. The lowest BCUT2D eigenvalue weighted by atomic mass is 9.87. The summed E-state index contributed by atoms with van der Waals surface area (Å²) in [4.78, 5) is 0. The van der Waals surface area contributed by atoms with Crippen molar-refractivity contribution in [2.45, 2.75) is 39.2 Å². The van der Waals surface area contributed by atoms with Crippen molar-refractivity contribution >= 4 is 0 Å². The van der Waals surface area contributed by atoms with Crippen LogP contribution in [0.3, 0.4) is 0 Å². The van der Waals surface area contributed by atoms with Crippen LogP contribution in [-0.4, -0.2) is 0 Å². The number of benzene rings is 1. The molecule has 2 heteroatoms. The van der Waals surface area contributed by atoms with Crippen LogP contribution in [0.4, 0.5) is 0 Å². The van der Waals surface area contributed by atoms with Crippen molar-refractivity contribution in [3.05, 3.63) is 34.9 Å².